The van der Waals surface area contributed by atoms with Crippen LogP contribution in [-0.4, -0.2) is 36.5 Å². The summed E-state index contributed by atoms with van der Waals surface area (Å²) in [7, 11) is 1.97. The van der Waals surface area contributed by atoms with Crippen LogP contribution in [0.15, 0.2) is 12.1 Å². The van der Waals surface area contributed by atoms with Crippen LogP contribution in [-0.2, 0) is 0 Å². The molecular weight excluding hydrogens is 214 g/mol. The van der Waals surface area contributed by atoms with E-state index >= 15 is 0 Å². The third-order valence-electron chi connectivity index (χ3n) is 3.41. The highest BCUT2D eigenvalue weighted by Gasteiger charge is 2.16. The summed E-state index contributed by atoms with van der Waals surface area (Å²) in [5, 5.41) is 18.3. The van der Waals surface area contributed by atoms with E-state index in [1.54, 1.807) is 0 Å². The lowest BCUT2D eigenvalue weighted by molar-refractivity contribution is 0.218. The van der Waals surface area contributed by atoms with E-state index < -0.39 is 0 Å². The van der Waals surface area contributed by atoms with Crippen LogP contribution in [0.1, 0.15) is 23.1 Å². The Hall–Kier alpha value is -1.06. The molecule has 3 nitrogen and oxygen atoms in total. The van der Waals surface area contributed by atoms with Crippen molar-refractivity contribution >= 4 is 5.69 Å². The lowest BCUT2D eigenvalue weighted by Crippen LogP contribution is -2.36. The van der Waals surface area contributed by atoms with E-state index in [0.717, 1.165) is 5.69 Å². The number of nitrogens with zero attached hydrogens (tertiary/aromatic N) is 1. The second kappa shape index (κ2) is 6.03. The average molecular weight is 237 g/mol. The first-order valence-electron chi connectivity index (χ1n) is 6.03. The lowest BCUT2D eigenvalue weighted by atomic mass is 10.0. The molecule has 96 valence electrons. The van der Waals surface area contributed by atoms with E-state index in [1.807, 2.05) is 7.05 Å². The molecule has 0 fully saturated rings. The van der Waals surface area contributed by atoms with Gasteiger partial charge in [-0.1, -0.05) is 6.07 Å². The molecule has 3 heteroatoms. The Kier molecular flexibility index (Phi) is 4.97. The van der Waals surface area contributed by atoms with Gasteiger partial charge in [0.25, 0.3) is 0 Å². The fourth-order valence-corrected chi connectivity index (χ4v) is 2.08. The summed E-state index contributed by atoms with van der Waals surface area (Å²) in [5.41, 5.74) is 4.85. The molecule has 0 bridgehead atoms. The van der Waals surface area contributed by atoms with E-state index in [1.165, 1.54) is 16.7 Å². The van der Waals surface area contributed by atoms with Crippen LogP contribution in [0.2, 0.25) is 0 Å². The highest BCUT2D eigenvalue weighted by molar-refractivity contribution is 5.57. The predicted molar refractivity (Wildman–Crippen MR) is 71.6 cm³/mol. The topological polar surface area (TPSA) is 43.7 Å². The zero-order chi connectivity index (χ0) is 13.0. The highest BCUT2D eigenvalue weighted by Crippen LogP contribution is 2.25. The molecule has 1 atom stereocenters. The SMILES string of the molecule is Cc1cc(C)c(N(C)C(CO)CCO)cc1C. The molecule has 0 saturated heterocycles. The summed E-state index contributed by atoms with van der Waals surface area (Å²) in [4.78, 5) is 2.05. The Bertz CT molecular complexity index is 377. The van der Waals surface area contributed by atoms with Gasteiger partial charge in [-0.05, 0) is 49.9 Å². The number of aliphatic hydroxyl groups excluding tert-OH is 2. The Morgan fingerprint density at radius 3 is 2.18 bits per heavy atom. The zero-order valence-corrected chi connectivity index (χ0v) is 11.2. The normalized spacial score (nSPS) is 12.6. The molecule has 0 aliphatic carbocycles. The molecular formula is C14H23NO2. The molecule has 0 heterocycles. The monoisotopic (exact) mass is 237 g/mol. The van der Waals surface area contributed by atoms with Gasteiger partial charge in [0, 0.05) is 19.3 Å². The minimum absolute atomic E-state index is 0.0270. The van der Waals surface area contributed by atoms with Gasteiger partial charge < -0.3 is 15.1 Å². The highest BCUT2D eigenvalue weighted by atomic mass is 16.3. The van der Waals surface area contributed by atoms with Crippen molar-refractivity contribution in [1.82, 2.24) is 0 Å². The van der Waals surface area contributed by atoms with Gasteiger partial charge in [0.1, 0.15) is 0 Å². The van der Waals surface area contributed by atoms with Crippen LogP contribution >= 0.6 is 0 Å². The quantitative estimate of drug-likeness (QED) is 0.820. The number of anilines is 1. The standard InChI is InChI=1S/C14H23NO2/c1-10-7-12(3)14(8-11(10)2)15(4)13(9-17)5-6-16/h7-8,13,16-17H,5-6,9H2,1-4H3. The third-order valence-corrected chi connectivity index (χ3v) is 3.41. The van der Waals surface area contributed by atoms with Crippen LogP contribution in [0.4, 0.5) is 5.69 Å². The van der Waals surface area contributed by atoms with Gasteiger partial charge in [-0.3, -0.25) is 0 Å². The van der Waals surface area contributed by atoms with E-state index in [9.17, 15) is 5.11 Å². The summed E-state index contributed by atoms with van der Waals surface area (Å²) >= 11 is 0. The Labute approximate surface area is 104 Å². The third kappa shape index (κ3) is 3.20. The van der Waals surface area contributed by atoms with Crippen LogP contribution in [0.25, 0.3) is 0 Å². The molecule has 1 rings (SSSR count). The first-order chi connectivity index (χ1) is 8.01. The van der Waals surface area contributed by atoms with Crippen molar-refractivity contribution in [3.8, 4) is 0 Å². The fraction of sp³-hybridized carbons (Fsp3) is 0.571. The molecule has 0 radical (unpaired) electrons. The number of benzene rings is 1. The first-order valence-corrected chi connectivity index (χ1v) is 6.03. The van der Waals surface area contributed by atoms with Gasteiger partial charge in [0.15, 0.2) is 0 Å². The molecule has 1 unspecified atom stereocenters. The zero-order valence-electron chi connectivity index (χ0n) is 11.2. The maximum Gasteiger partial charge on any atom is 0.0635 e. The molecule has 17 heavy (non-hydrogen) atoms. The molecule has 0 aliphatic heterocycles. The average Bonchev–Trinajstić information content (AvgIpc) is 2.30. The number of rotatable bonds is 5. The predicted octanol–water partition coefficient (Wildman–Crippen LogP) is 1.79. The van der Waals surface area contributed by atoms with Crippen LogP contribution in [0.3, 0.4) is 0 Å². The van der Waals surface area contributed by atoms with Crippen molar-refractivity contribution < 1.29 is 10.2 Å². The fourth-order valence-electron chi connectivity index (χ4n) is 2.08. The molecule has 0 amide bonds. The molecule has 0 aliphatic rings. The Morgan fingerprint density at radius 1 is 1.06 bits per heavy atom. The molecule has 2 N–H and O–H groups in total. The molecule has 1 aromatic carbocycles. The minimum atomic E-state index is -0.0270. The first kappa shape index (κ1) is 14.0. The van der Waals surface area contributed by atoms with Gasteiger partial charge in [-0.15, -0.1) is 0 Å². The largest absolute Gasteiger partial charge is 0.396 e. The number of aliphatic hydroxyl groups is 2. The second-order valence-corrected chi connectivity index (χ2v) is 4.68. The number of likely N-dealkylation sites (N-methyl/N-ethyl adjacent to an activating group) is 1. The van der Waals surface area contributed by atoms with Gasteiger partial charge in [0.05, 0.1) is 12.6 Å². The maximum atomic E-state index is 9.35. The van der Waals surface area contributed by atoms with Crippen LogP contribution < -0.4 is 4.90 Å². The smallest absolute Gasteiger partial charge is 0.0635 e. The number of hydrogen-bond donors (Lipinski definition) is 2. The van der Waals surface area contributed by atoms with Gasteiger partial charge >= 0.3 is 0 Å². The minimum Gasteiger partial charge on any atom is -0.396 e. The van der Waals surface area contributed by atoms with Crippen molar-refractivity contribution in [2.75, 3.05) is 25.2 Å². The van der Waals surface area contributed by atoms with Crippen molar-refractivity contribution in [2.24, 2.45) is 0 Å². The summed E-state index contributed by atoms with van der Waals surface area (Å²) in [6.45, 7) is 6.42. The molecule has 0 aromatic heterocycles. The second-order valence-electron chi connectivity index (χ2n) is 4.68. The Morgan fingerprint density at radius 2 is 1.65 bits per heavy atom. The van der Waals surface area contributed by atoms with Crippen molar-refractivity contribution in [1.29, 1.82) is 0 Å². The van der Waals surface area contributed by atoms with Crippen molar-refractivity contribution in [3.05, 3.63) is 28.8 Å². The summed E-state index contributed by atoms with van der Waals surface area (Å²) in [6.07, 6.45) is 0.583. The van der Waals surface area contributed by atoms with E-state index in [2.05, 4.69) is 37.8 Å². The van der Waals surface area contributed by atoms with E-state index in [0.29, 0.717) is 6.42 Å². The molecule has 0 saturated carbocycles. The van der Waals surface area contributed by atoms with Crippen LogP contribution in [0, 0.1) is 20.8 Å². The van der Waals surface area contributed by atoms with Gasteiger partial charge in [0.2, 0.25) is 0 Å². The van der Waals surface area contributed by atoms with Gasteiger partial charge in [-0.25, -0.2) is 0 Å². The summed E-state index contributed by atoms with van der Waals surface area (Å²) < 4.78 is 0. The van der Waals surface area contributed by atoms with Gasteiger partial charge in [-0.2, -0.15) is 0 Å². The number of hydrogen-bond acceptors (Lipinski definition) is 3. The lowest BCUT2D eigenvalue weighted by Gasteiger charge is -2.30. The number of aryl methyl sites for hydroxylation is 3. The Balaban J connectivity index is 3.02. The summed E-state index contributed by atoms with van der Waals surface area (Å²) in [5.74, 6) is 0. The maximum absolute atomic E-state index is 9.35. The van der Waals surface area contributed by atoms with E-state index in [-0.39, 0.29) is 19.3 Å². The summed E-state index contributed by atoms with van der Waals surface area (Å²) in [6, 6.07) is 4.28. The van der Waals surface area contributed by atoms with Crippen molar-refractivity contribution in [2.45, 2.75) is 33.2 Å². The molecule has 1 aromatic rings. The molecule has 0 spiro atoms. The van der Waals surface area contributed by atoms with Crippen LogP contribution in [0.5, 0.6) is 0 Å². The van der Waals surface area contributed by atoms with E-state index in [4.69, 9.17) is 5.11 Å². The van der Waals surface area contributed by atoms with Crippen molar-refractivity contribution in [3.63, 3.8) is 0 Å².